The second-order valence-electron chi connectivity index (χ2n) is 32.7. The molecule has 20 N–H and O–H groups in total. The maximum atomic E-state index is 15.7. The van der Waals surface area contributed by atoms with Gasteiger partial charge in [-0.05, 0) is 112 Å². The molecule has 2 aliphatic rings. The van der Waals surface area contributed by atoms with Crippen LogP contribution in [-0.2, 0) is 101 Å². The number of nitrogens with zero attached hydrogens (tertiary/aromatic N) is 4. The fourth-order valence-electron chi connectivity index (χ4n) is 15.2. The Labute approximate surface area is 748 Å². The number of fused-ring (bicyclic) bond motifs is 3. The number of benzene rings is 3. The van der Waals surface area contributed by atoms with Crippen molar-refractivity contribution in [1.29, 1.82) is 0 Å². The van der Waals surface area contributed by atoms with E-state index >= 15 is 28.8 Å². The third kappa shape index (κ3) is 30.0. The third-order valence-electron chi connectivity index (χ3n) is 22.5. The van der Waals surface area contributed by atoms with Crippen molar-refractivity contribution in [3.8, 4) is 5.75 Å². The molecule has 0 aliphatic carbocycles. The molecule has 7 rings (SSSR count). The molecular weight excluding hydrogens is 1670 g/mol. The molecule has 128 heavy (non-hydrogen) atoms. The number of unbranched alkanes of at least 4 members (excludes halogenated alkanes) is 2. The number of amides is 17. The van der Waals surface area contributed by atoms with Gasteiger partial charge in [-0.25, -0.2) is 0 Å². The lowest BCUT2D eigenvalue weighted by atomic mass is 9.99. The van der Waals surface area contributed by atoms with E-state index < -0.39 is 210 Å². The van der Waals surface area contributed by atoms with Crippen LogP contribution in [0.25, 0.3) is 21.8 Å². The second kappa shape index (κ2) is 50.6. The van der Waals surface area contributed by atoms with Gasteiger partial charge in [0, 0.05) is 106 Å². The highest BCUT2D eigenvalue weighted by Gasteiger charge is 2.43. The van der Waals surface area contributed by atoms with Gasteiger partial charge >= 0.3 is 0 Å². The molecule has 0 radical (unpaired) electrons. The Bertz CT molecular complexity index is 4770. The standard InChI is InChI=1S/C89H126N20O18S/c1-11-15-30-70-84(122)100-62(25-14-4)81(119)105-69(79(117)96-48-74(92)112)49-128-50-76(114)97-66(41-53-34-36-56(110)37-35-53)86(124)106(8)52(7)77(115)101-64(44-73(91)111)78(116)93-38-22-21-33-75(113)98-68(45-90)83(121)103-65(40-51(5)6)88(126)109-39-23-32-71(109)85(123)102-63(42-54-46-94-59-28-19-17-26-57(54)59)82(120)99-61(24-13-3)80(118)104-67(43-55-47-95-60-29-20-18-27-58(55)60)87(125)108(10)72(31-16-12-2)89(127)107(70)9/h13-14,17-20,26-29,34-37,46-47,51-52,61-72,94-95,110H,3-4,11-12,15-16,21-25,30-33,38-45,48-50,90H2,1-2,5-10H3,(H2,91,111)(H2,92,112)(H,93,116)(H,96,117)(H,97,114)(H,98,113)(H,99,120)(H,100,122)(H,101,115)(H,102,123)(H,103,121)(H,104,118)(H,105,119)/t52-,61-,62-,63-,64-,65-,66-,67-,68-,69-,70-,71-,72-/m0/s1. The van der Waals surface area contributed by atoms with Crippen LogP contribution in [0.1, 0.15) is 148 Å². The largest absolute Gasteiger partial charge is 0.508 e. The van der Waals surface area contributed by atoms with E-state index in [0.29, 0.717) is 70.6 Å². The van der Waals surface area contributed by atoms with Gasteiger partial charge in [-0.2, -0.15) is 0 Å². The Morgan fingerprint density at radius 2 is 1.06 bits per heavy atom. The minimum Gasteiger partial charge on any atom is -0.508 e. The highest BCUT2D eigenvalue weighted by atomic mass is 32.2. The van der Waals surface area contributed by atoms with Gasteiger partial charge in [-0.3, -0.25) is 81.5 Å². The molecule has 5 aromatic rings. The quantitative estimate of drug-likeness (QED) is 0.0369. The molecule has 2 saturated heterocycles. The number of phenols is 1. The zero-order valence-corrected chi connectivity index (χ0v) is 74.8. The van der Waals surface area contributed by atoms with Crippen molar-refractivity contribution in [2.45, 2.75) is 229 Å². The van der Waals surface area contributed by atoms with Crippen LogP contribution in [0.15, 0.2) is 111 Å². The lowest BCUT2D eigenvalue weighted by Crippen LogP contribution is -2.61. The monoisotopic (exact) mass is 1790 g/mol. The number of hydrogen-bond acceptors (Lipinski definition) is 20. The number of thioether (sulfide) groups is 1. The Morgan fingerprint density at radius 3 is 1.65 bits per heavy atom. The lowest BCUT2D eigenvalue weighted by Gasteiger charge is -2.36. The summed E-state index contributed by atoms with van der Waals surface area (Å²) in [6.45, 7) is 15.2. The van der Waals surface area contributed by atoms with Gasteiger partial charge < -0.3 is 110 Å². The van der Waals surface area contributed by atoms with Crippen molar-refractivity contribution in [2.75, 3.05) is 58.8 Å². The number of carbonyl (C=O) groups excluding carboxylic acids is 17. The van der Waals surface area contributed by atoms with Gasteiger partial charge in [-0.1, -0.05) is 114 Å². The maximum Gasteiger partial charge on any atom is 0.245 e. The third-order valence-corrected chi connectivity index (χ3v) is 23.6. The molecule has 2 aromatic heterocycles. The second-order valence-corrected chi connectivity index (χ2v) is 33.8. The molecule has 17 amide bonds. The topological polar surface area (TPSA) is 565 Å². The Morgan fingerprint density at radius 1 is 0.547 bits per heavy atom. The molecule has 38 nitrogen and oxygen atoms in total. The zero-order valence-electron chi connectivity index (χ0n) is 74.0. The van der Waals surface area contributed by atoms with Gasteiger partial charge in [-0.15, -0.1) is 24.9 Å². The summed E-state index contributed by atoms with van der Waals surface area (Å²) >= 11 is 0.796. The fraction of sp³-hybridized carbons (Fsp3) is 0.517. The molecule has 2 aliphatic heterocycles. The van der Waals surface area contributed by atoms with Crippen molar-refractivity contribution >= 4 is 134 Å². The average molecular weight is 1800 g/mol. The van der Waals surface area contributed by atoms with E-state index in [1.807, 2.05) is 64.1 Å². The SMILES string of the molecule is C=CC[C@@H]1NC(=O)[C@H](Cc2c[nH]c3ccccc23)NC(=O)[C@@H]2CCCN2C(=O)[C@H](CC(C)C)NC(=O)[C@H](CN)NC(=O)CCCCNC(=O)[C@H](CC(N)=O)NC(=O)[C@H](C)N(C)C(=O)[C@H](Cc2ccc(O)cc2)NC(=O)CSC[C@@H](C(=O)NCC(N)=O)NC(=O)[C@H](CC=C)NC(=O)[C@H](CCCC)N(C)C(=O)[C@H](CCCC)N(C)C(=O)[C@H](Cc2c[nH]c3ccccc23)NC1=O. The minimum atomic E-state index is -1.58. The zero-order chi connectivity index (χ0) is 94.0. The average Bonchev–Trinajstić information content (AvgIpc) is 1.73. The molecule has 2 fully saturated rings. The highest BCUT2D eigenvalue weighted by Crippen LogP contribution is 2.27. The molecule has 4 heterocycles. The molecule has 39 heteroatoms. The number of para-hydroxylation sites is 2. The first-order valence-electron chi connectivity index (χ1n) is 43.3. The molecule has 13 atom stereocenters. The number of rotatable bonds is 24. The van der Waals surface area contributed by atoms with E-state index in [-0.39, 0.29) is 102 Å². The lowest BCUT2D eigenvalue weighted by molar-refractivity contribution is -0.149. The van der Waals surface area contributed by atoms with E-state index in [4.69, 9.17) is 17.2 Å². The van der Waals surface area contributed by atoms with E-state index in [9.17, 15) is 57.8 Å². The summed E-state index contributed by atoms with van der Waals surface area (Å²) in [4.78, 5) is 255. The van der Waals surface area contributed by atoms with Crippen LogP contribution < -0.4 is 75.7 Å². The van der Waals surface area contributed by atoms with Crippen molar-refractivity contribution in [3.63, 3.8) is 0 Å². The number of nitrogens with two attached hydrogens (primary N) is 3. The number of nitrogens with one attached hydrogen (secondary N) is 13. The first-order chi connectivity index (χ1) is 61.0. The van der Waals surface area contributed by atoms with Gasteiger partial charge in [0.15, 0.2) is 0 Å². The molecule has 0 spiro atoms. The summed E-state index contributed by atoms with van der Waals surface area (Å²) in [7, 11) is 4.03. The molecule has 0 bridgehead atoms. The number of carbonyl (C=O) groups is 17. The fourth-order valence-corrected chi connectivity index (χ4v) is 16.1. The van der Waals surface area contributed by atoms with Crippen LogP contribution in [0.5, 0.6) is 5.75 Å². The molecule has 3 aromatic carbocycles. The predicted octanol–water partition coefficient (Wildman–Crippen LogP) is 0.285. The van der Waals surface area contributed by atoms with Crippen LogP contribution >= 0.6 is 11.8 Å². The first kappa shape index (κ1) is 102. The van der Waals surface area contributed by atoms with Gasteiger partial charge in [0.1, 0.15) is 84.3 Å². The van der Waals surface area contributed by atoms with E-state index in [1.54, 1.807) is 24.5 Å². The number of phenolic OH excluding ortho intramolecular Hbond substituents is 1. The van der Waals surface area contributed by atoms with Crippen LogP contribution in [0.4, 0.5) is 0 Å². The summed E-state index contributed by atoms with van der Waals surface area (Å²) in [6, 6.07) is 1.83. The van der Waals surface area contributed by atoms with E-state index in [2.05, 4.69) is 81.6 Å². The number of aromatic nitrogens is 2. The van der Waals surface area contributed by atoms with Gasteiger partial charge in [0.05, 0.1) is 18.7 Å². The van der Waals surface area contributed by atoms with Crippen molar-refractivity contribution in [2.24, 2.45) is 23.1 Å². The predicted molar refractivity (Wildman–Crippen MR) is 481 cm³/mol. The van der Waals surface area contributed by atoms with Crippen LogP contribution in [0.3, 0.4) is 0 Å². The van der Waals surface area contributed by atoms with Crippen LogP contribution in [-0.4, -0.2) is 272 Å². The Balaban J connectivity index is 1.25. The molecule has 0 unspecified atom stereocenters. The first-order valence-corrected chi connectivity index (χ1v) is 44.5. The Kier molecular flexibility index (Phi) is 40.5. The van der Waals surface area contributed by atoms with Crippen LogP contribution in [0.2, 0.25) is 0 Å². The summed E-state index contributed by atoms with van der Waals surface area (Å²) in [6.07, 6.45) is 6.87. The van der Waals surface area contributed by atoms with Crippen molar-refractivity contribution < 1.29 is 86.6 Å². The smallest absolute Gasteiger partial charge is 0.245 e. The molecule has 0 saturated carbocycles. The number of aromatic amines is 2. The number of primary amides is 2. The normalized spacial score (nSPS) is 24.1. The van der Waals surface area contributed by atoms with E-state index in [0.717, 1.165) is 16.7 Å². The minimum absolute atomic E-state index is 0.0352. The Hall–Kier alpha value is -12.7. The number of hydrogen-bond donors (Lipinski definition) is 17. The van der Waals surface area contributed by atoms with E-state index in [1.165, 1.54) is 79.2 Å². The van der Waals surface area contributed by atoms with Crippen LogP contribution in [0, 0.1) is 5.92 Å². The number of likely N-dealkylation sites (N-methyl/N-ethyl adjacent to an activating group) is 3. The molecule has 696 valence electrons. The van der Waals surface area contributed by atoms with Gasteiger partial charge in [0.25, 0.3) is 0 Å². The van der Waals surface area contributed by atoms with Crippen molar-refractivity contribution in [3.05, 3.63) is 127 Å². The number of H-pyrrole nitrogens is 2. The summed E-state index contributed by atoms with van der Waals surface area (Å²) in [5, 5.41) is 40.9. The molecular formula is C89H126N20O18S. The summed E-state index contributed by atoms with van der Waals surface area (Å²) < 4.78 is 0. The summed E-state index contributed by atoms with van der Waals surface area (Å²) in [5.74, 6) is -15.3. The number of aromatic hydroxyl groups is 1. The van der Waals surface area contributed by atoms with Gasteiger partial charge in [0.2, 0.25) is 100 Å². The maximum absolute atomic E-state index is 15.7. The highest BCUT2D eigenvalue weighted by molar-refractivity contribution is 8.00. The summed E-state index contributed by atoms with van der Waals surface area (Å²) in [5.41, 5.74) is 20.1. The van der Waals surface area contributed by atoms with Crippen molar-refractivity contribution in [1.82, 2.24) is 88.1 Å².